The molecule has 1 aromatic heterocycles. The summed E-state index contributed by atoms with van der Waals surface area (Å²) in [6.45, 7) is 1.19. The maximum absolute atomic E-state index is 12.5. The van der Waals surface area contributed by atoms with Crippen LogP contribution in [0.2, 0.25) is 0 Å². The van der Waals surface area contributed by atoms with Gasteiger partial charge in [0.05, 0.1) is 6.04 Å². The first kappa shape index (κ1) is 17.8. The number of imide groups is 2. The number of hydrogen-bond acceptors (Lipinski definition) is 5. The number of nitrogens with zero attached hydrogens (tertiary/aromatic N) is 2. The molecule has 26 heavy (non-hydrogen) atoms. The lowest BCUT2D eigenvalue weighted by atomic mass is 10.1. The molecular weight excluding hydrogens is 354 g/mol. The first-order valence-corrected chi connectivity index (χ1v) is 8.96. The molecule has 1 atom stereocenters. The number of benzene rings is 1. The van der Waals surface area contributed by atoms with E-state index in [0.29, 0.717) is 4.90 Å². The summed E-state index contributed by atoms with van der Waals surface area (Å²) in [5, 5.41) is 4.75. The second-order valence-electron chi connectivity index (χ2n) is 5.65. The third kappa shape index (κ3) is 3.36. The van der Waals surface area contributed by atoms with Crippen LogP contribution in [-0.2, 0) is 14.4 Å². The van der Waals surface area contributed by atoms with Crippen LogP contribution in [-0.4, -0.2) is 46.6 Å². The molecule has 0 saturated carbocycles. The van der Waals surface area contributed by atoms with Gasteiger partial charge in [-0.25, -0.2) is 9.69 Å². The molecule has 5 amide bonds. The Hall–Kier alpha value is -3.00. The Bertz CT molecular complexity index is 835. The molecule has 1 aliphatic rings. The average Bonchev–Trinajstić information content (AvgIpc) is 3.24. The molecule has 3 rings (SSSR count). The highest BCUT2D eigenvalue weighted by Crippen LogP contribution is 2.26. The van der Waals surface area contributed by atoms with Gasteiger partial charge in [-0.2, -0.15) is 0 Å². The fourth-order valence-corrected chi connectivity index (χ4v) is 3.54. The minimum absolute atomic E-state index is 0.0867. The van der Waals surface area contributed by atoms with Gasteiger partial charge in [0.2, 0.25) is 5.91 Å². The second kappa shape index (κ2) is 7.49. The summed E-state index contributed by atoms with van der Waals surface area (Å²) >= 11 is 1.49. The third-order valence-corrected chi connectivity index (χ3v) is 4.96. The van der Waals surface area contributed by atoms with Crippen LogP contribution in [0.4, 0.5) is 4.79 Å². The van der Waals surface area contributed by atoms with Gasteiger partial charge in [0, 0.05) is 11.4 Å². The van der Waals surface area contributed by atoms with Crippen molar-refractivity contribution in [3.63, 3.8) is 0 Å². The molecule has 1 N–H and O–H groups in total. The average molecular weight is 371 g/mol. The zero-order valence-corrected chi connectivity index (χ0v) is 14.9. The summed E-state index contributed by atoms with van der Waals surface area (Å²) < 4.78 is 0. The lowest BCUT2D eigenvalue weighted by molar-refractivity contribution is -0.144. The van der Waals surface area contributed by atoms with Crippen molar-refractivity contribution in [2.45, 2.75) is 13.0 Å². The Kier molecular flexibility index (Phi) is 5.13. The van der Waals surface area contributed by atoms with E-state index >= 15 is 0 Å². The predicted molar refractivity (Wildman–Crippen MR) is 95.2 cm³/mol. The number of thiophene rings is 1. The predicted octanol–water partition coefficient (Wildman–Crippen LogP) is 1.76. The fourth-order valence-electron chi connectivity index (χ4n) is 2.74. The van der Waals surface area contributed by atoms with Crippen LogP contribution in [0.1, 0.15) is 23.4 Å². The van der Waals surface area contributed by atoms with Crippen molar-refractivity contribution < 1.29 is 19.2 Å². The second-order valence-corrected chi connectivity index (χ2v) is 6.63. The molecule has 0 radical (unpaired) electrons. The van der Waals surface area contributed by atoms with E-state index in [4.69, 9.17) is 0 Å². The van der Waals surface area contributed by atoms with E-state index in [-0.39, 0.29) is 6.54 Å². The molecule has 1 aromatic carbocycles. The van der Waals surface area contributed by atoms with Gasteiger partial charge in [-0.05, 0) is 23.9 Å². The molecule has 2 heterocycles. The fraction of sp³-hybridized carbons (Fsp3) is 0.222. The Morgan fingerprint density at radius 2 is 1.73 bits per heavy atom. The highest BCUT2D eigenvalue weighted by atomic mass is 32.1. The molecule has 0 spiro atoms. The minimum Gasteiger partial charge on any atom is -0.343 e. The van der Waals surface area contributed by atoms with Crippen LogP contribution in [0.5, 0.6) is 0 Å². The number of urea groups is 1. The number of nitrogens with one attached hydrogen (secondary N) is 1. The topological polar surface area (TPSA) is 86.8 Å². The molecule has 134 valence electrons. The van der Waals surface area contributed by atoms with Crippen LogP contribution in [0.3, 0.4) is 0 Å². The summed E-state index contributed by atoms with van der Waals surface area (Å²) in [4.78, 5) is 50.7. The van der Waals surface area contributed by atoms with Gasteiger partial charge in [-0.15, -0.1) is 11.3 Å². The zero-order chi connectivity index (χ0) is 18.7. The van der Waals surface area contributed by atoms with Gasteiger partial charge in [0.15, 0.2) is 0 Å². The summed E-state index contributed by atoms with van der Waals surface area (Å²) in [7, 11) is 0. The zero-order valence-electron chi connectivity index (χ0n) is 14.0. The number of rotatable bonds is 6. The van der Waals surface area contributed by atoms with Crippen LogP contribution >= 0.6 is 11.3 Å². The standard InChI is InChI=1S/C18H17N3O4S/c1-2-20-16(23)17(24)21(18(20)25)11-14(22)19-15(13-9-6-10-26-13)12-7-4-3-5-8-12/h3-10,15H,2,11H2,1H3,(H,19,22)/t15-/m1/s1. The summed E-state index contributed by atoms with van der Waals surface area (Å²) in [6.07, 6.45) is 0. The van der Waals surface area contributed by atoms with Gasteiger partial charge in [-0.3, -0.25) is 19.3 Å². The molecule has 0 aliphatic carbocycles. The van der Waals surface area contributed by atoms with Crippen LogP contribution in [0.25, 0.3) is 0 Å². The van der Waals surface area contributed by atoms with Gasteiger partial charge in [-0.1, -0.05) is 36.4 Å². The van der Waals surface area contributed by atoms with Gasteiger partial charge >= 0.3 is 17.8 Å². The van der Waals surface area contributed by atoms with E-state index in [1.165, 1.54) is 11.3 Å². The quantitative estimate of drug-likeness (QED) is 0.619. The third-order valence-electron chi connectivity index (χ3n) is 4.02. The molecule has 1 fully saturated rings. The number of likely N-dealkylation sites (N-methyl/N-ethyl adjacent to an activating group) is 1. The molecule has 8 heteroatoms. The van der Waals surface area contributed by atoms with Gasteiger partial charge in [0.25, 0.3) is 0 Å². The summed E-state index contributed by atoms with van der Waals surface area (Å²) in [5.41, 5.74) is 0.883. The summed E-state index contributed by atoms with van der Waals surface area (Å²) in [6, 6.07) is 12.0. The van der Waals surface area contributed by atoms with E-state index in [2.05, 4.69) is 5.32 Å². The van der Waals surface area contributed by atoms with Crippen molar-refractivity contribution in [1.29, 1.82) is 0 Å². The van der Waals surface area contributed by atoms with Crippen molar-refractivity contribution >= 4 is 35.1 Å². The van der Waals surface area contributed by atoms with E-state index < -0.39 is 36.3 Å². The molecule has 0 bridgehead atoms. The van der Waals surface area contributed by atoms with Crippen molar-refractivity contribution in [3.05, 3.63) is 58.3 Å². The first-order valence-electron chi connectivity index (χ1n) is 8.08. The van der Waals surface area contributed by atoms with Crippen molar-refractivity contribution in [3.8, 4) is 0 Å². The first-order chi connectivity index (χ1) is 12.5. The van der Waals surface area contributed by atoms with E-state index in [1.54, 1.807) is 6.92 Å². The Morgan fingerprint density at radius 3 is 2.31 bits per heavy atom. The van der Waals surface area contributed by atoms with Crippen molar-refractivity contribution in [2.24, 2.45) is 0 Å². The lowest BCUT2D eigenvalue weighted by Gasteiger charge is -2.20. The monoisotopic (exact) mass is 371 g/mol. The van der Waals surface area contributed by atoms with Crippen LogP contribution in [0.15, 0.2) is 47.8 Å². The maximum Gasteiger partial charge on any atom is 0.334 e. The smallest absolute Gasteiger partial charge is 0.334 e. The number of carbonyl (C=O) groups excluding carboxylic acids is 4. The maximum atomic E-state index is 12.5. The number of amides is 5. The van der Waals surface area contributed by atoms with E-state index in [1.807, 2.05) is 47.8 Å². The molecular formula is C18H17N3O4S. The largest absolute Gasteiger partial charge is 0.343 e. The molecule has 0 unspecified atom stereocenters. The Labute approximate surface area is 154 Å². The highest BCUT2D eigenvalue weighted by molar-refractivity contribution is 7.10. The number of hydrogen-bond donors (Lipinski definition) is 1. The van der Waals surface area contributed by atoms with Crippen LogP contribution < -0.4 is 5.32 Å². The molecule has 2 aromatic rings. The van der Waals surface area contributed by atoms with Gasteiger partial charge in [0.1, 0.15) is 6.54 Å². The number of carbonyl (C=O) groups is 4. The normalized spacial score (nSPS) is 15.5. The lowest BCUT2D eigenvalue weighted by Crippen LogP contribution is -2.42. The van der Waals surface area contributed by atoms with Crippen molar-refractivity contribution in [1.82, 2.24) is 15.1 Å². The minimum atomic E-state index is -0.973. The molecule has 1 aliphatic heterocycles. The Balaban J connectivity index is 1.76. The SMILES string of the molecule is CCN1C(=O)C(=O)N(CC(=O)N[C@H](c2ccccc2)c2cccs2)C1=O. The molecule has 7 nitrogen and oxygen atoms in total. The molecule has 1 saturated heterocycles. The van der Waals surface area contributed by atoms with E-state index in [9.17, 15) is 19.2 Å². The van der Waals surface area contributed by atoms with Crippen LogP contribution in [0, 0.1) is 0 Å². The van der Waals surface area contributed by atoms with Gasteiger partial charge < -0.3 is 5.32 Å². The Morgan fingerprint density at radius 1 is 1.04 bits per heavy atom. The summed E-state index contributed by atoms with van der Waals surface area (Å²) in [5.74, 6) is -2.39. The van der Waals surface area contributed by atoms with Crippen molar-refractivity contribution in [2.75, 3.05) is 13.1 Å². The van der Waals surface area contributed by atoms with E-state index in [0.717, 1.165) is 15.3 Å². The highest BCUT2D eigenvalue weighted by Gasteiger charge is 2.44.